The molecule has 4 heterocycles. The second-order valence-electron chi connectivity index (χ2n) is 17.0. The Morgan fingerprint density at radius 3 is 1.78 bits per heavy atom. The molecule has 3 N–H and O–H groups in total. The second kappa shape index (κ2) is 18.9. The number of hydrogen-bond donors (Lipinski definition) is 2. The molecule has 3 amide bonds. The Balaban J connectivity index is 0.000000206. The van der Waals surface area contributed by atoms with Gasteiger partial charge in [-0.05, 0) is 107 Å². The summed E-state index contributed by atoms with van der Waals surface area (Å²) in [5.41, 5.74) is 6.19. The summed E-state index contributed by atoms with van der Waals surface area (Å²) in [6.07, 6.45) is -0.386. The molecule has 0 bridgehead atoms. The largest absolute Gasteiger partial charge is 0.443 e. The lowest BCUT2D eigenvalue weighted by atomic mass is 9.83. The summed E-state index contributed by atoms with van der Waals surface area (Å²) in [6.45, 7) is 7.69. The zero-order chi connectivity index (χ0) is 48.7. The fraction of sp³-hybridized carbons (Fsp3) is 0.356. The minimum absolute atomic E-state index is 0.0406. The van der Waals surface area contributed by atoms with E-state index in [1.54, 1.807) is 26.8 Å². The molecule has 0 fully saturated rings. The lowest BCUT2D eigenvalue weighted by molar-refractivity contribution is -0.482. The third-order valence-corrected chi connectivity index (χ3v) is 14.3. The number of carbonyl (C=O) groups excluding carboxylic acids is 3. The minimum atomic E-state index is -1.59. The number of halogens is 6. The summed E-state index contributed by atoms with van der Waals surface area (Å²) >= 11 is 2.00. The van der Waals surface area contributed by atoms with Crippen LogP contribution in [0.25, 0.3) is 0 Å². The first-order chi connectivity index (χ1) is 31.6. The van der Waals surface area contributed by atoms with Gasteiger partial charge in [-0.25, -0.2) is 41.2 Å². The Hall–Kier alpha value is -6.13. The number of nitrogens with two attached hydrogens (primary N) is 1. The van der Waals surface area contributed by atoms with Crippen LogP contribution in [0.3, 0.4) is 0 Å². The fourth-order valence-corrected chi connectivity index (χ4v) is 11.7. The number of nitrogens with zero attached hydrogens (tertiary/aromatic N) is 6. The lowest BCUT2D eigenvalue weighted by Gasteiger charge is -2.48. The molecule has 4 aliphatic heterocycles. The molecule has 14 nitrogen and oxygen atoms in total. The van der Waals surface area contributed by atoms with E-state index in [1.807, 2.05) is 0 Å². The number of carbonyl (C=O) groups is 3. The smallest absolute Gasteiger partial charge is 0.414 e. The van der Waals surface area contributed by atoms with Crippen molar-refractivity contribution in [3.8, 4) is 0 Å². The average molecular weight is 971 g/mol. The van der Waals surface area contributed by atoms with E-state index in [4.69, 9.17) is 10.5 Å². The van der Waals surface area contributed by atoms with Crippen LogP contribution in [0, 0.1) is 56.9 Å². The highest BCUT2D eigenvalue weighted by Gasteiger charge is 2.59. The number of hydrogen-bond acceptors (Lipinski definition) is 12. The van der Waals surface area contributed by atoms with Crippen molar-refractivity contribution >= 4 is 62.9 Å². The van der Waals surface area contributed by atoms with Crippen molar-refractivity contribution in [3.63, 3.8) is 0 Å². The Kier molecular flexibility index (Phi) is 13.7. The topological polar surface area (TPSA) is 176 Å². The third kappa shape index (κ3) is 9.42. The summed E-state index contributed by atoms with van der Waals surface area (Å²) < 4.78 is 91.5. The van der Waals surface area contributed by atoms with E-state index in [9.17, 15) is 50.8 Å². The van der Waals surface area contributed by atoms with E-state index in [2.05, 4.69) is 15.5 Å². The number of amides is 3. The van der Waals surface area contributed by atoms with Crippen molar-refractivity contribution in [2.45, 2.75) is 62.8 Å². The summed E-state index contributed by atoms with van der Waals surface area (Å²) in [5, 5.41) is 25.7. The molecule has 4 atom stereocenters. The Bertz CT molecular complexity index is 2730. The van der Waals surface area contributed by atoms with Crippen molar-refractivity contribution in [2.24, 2.45) is 27.8 Å². The van der Waals surface area contributed by atoms with E-state index in [1.165, 1.54) is 42.0 Å². The highest BCUT2D eigenvalue weighted by molar-refractivity contribution is 8.15. The van der Waals surface area contributed by atoms with Crippen molar-refractivity contribution in [1.82, 2.24) is 10.0 Å². The van der Waals surface area contributed by atoms with Crippen molar-refractivity contribution < 1.29 is 50.4 Å². The van der Waals surface area contributed by atoms with Crippen LogP contribution >= 0.6 is 23.5 Å². The number of fused-ring (bicyclic) bond motifs is 4. The fourth-order valence-electron chi connectivity index (χ4n) is 8.54. The van der Waals surface area contributed by atoms with Gasteiger partial charge in [0.15, 0.2) is 0 Å². The number of benzene rings is 4. The quantitative estimate of drug-likeness (QED) is 0.103. The Labute approximate surface area is 389 Å². The maximum Gasteiger partial charge on any atom is 0.414 e. The van der Waals surface area contributed by atoms with Gasteiger partial charge in [0.2, 0.25) is 18.4 Å². The molecule has 0 saturated carbocycles. The van der Waals surface area contributed by atoms with Gasteiger partial charge in [0.05, 0.1) is 5.69 Å². The molecule has 67 heavy (non-hydrogen) atoms. The summed E-state index contributed by atoms with van der Waals surface area (Å²) in [6, 6.07) is 13.7. The van der Waals surface area contributed by atoms with Gasteiger partial charge in [-0.15, -0.1) is 0 Å². The van der Waals surface area contributed by atoms with E-state index >= 15 is 0 Å². The Morgan fingerprint density at radius 2 is 1.27 bits per heavy atom. The van der Waals surface area contributed by atoms with Crippen LogP contribution < -0.4 is 16.0 Å². The predicted octanol–water partition coefficient (Wildman–Crippen LogP) is 8.86. The average Bonchev–Trinajstić information content (AvgIpc) is 3.85. The molecule has 4 aromatic rings. The monoisotopic (exact) mass is 970 g/mol. The first-order valence-corrected chi connectivity index (χ1v) is 22.5. The molecule has 354 valence electrons. The van der Waals surface area contributed by atoms with Gasteiger partial charge in [-0.3, -0.25) is 24.6 Å². The molecule has 22 heteroatoms. The number of nitro groups is 1. The number of thioether (sulfide) groups is 2. The molecular weight excluding hydrogens is 927 g/mol. The van der Waals surface area contributed by atoms with Gasteiger partial charge >= 0.3 is 6.09 Å². The van der Waals surface area contributed by atoms with Crippen LogP contribution in [0.4, 0.5) is 42.5 Å². The van der Waals surface area contributed by atoms with Gasteiger partial charge in [-0.2, -0.15) is 10.2 Å². The number of ether oxygens (including phenoxy) is 1. The standard InChI is InChI=1S/C25H25F3N4O5S.C20H19F3N4OS/c1-14(33)32-25(38-22(29-32)18-11-16(26)5-7-20(18)28)15(9-10-31(35)36)13-30(23(34)37-24(2,3)4)21-8-6-17(27)12-19(21)25;1-11(28)27-20(29-19(26-27)15-8-13(21)2-4-17(15)23)12(6-7-24)10-25-18-5-3-14(22)9-16(18)20/h5-8,11-12,15H,9-10,13H2,1-4H3;2-5,8-9,12,25H,6-7,10,24H2,1H3. The predicted molar refractivity (Wildman–Crippen MR) is 241 cm³/mol. The Morgan fingerprint density at radius 1 is 0.776 bits per heavy atom. The molecule has 0 aromatic heterocycles. The van der Waals surface area contributed by atoms with Crippen LogP contribution in [0.2, 0.25) is 0 Å². The number of rotatable bonds is 7. The van der Waals surface area contributed by atoms with Crippen LogP contribution in [0.1, 0.15) is 69.7 Å². The van der Waals surface area contributed by atoms with Gasteiger partial charge in [0.25, 0.3) is 0 Å². The van der Waals surface area contributed by atoms with Gasteiger partial charge in [0.1, 0.15) is 60.3 Å². The first-order valence-electron chi connectivity index (χ1n) is 20.8. The second-order valence-corrected chi connectivity index (χ2v) is 19.4. The molecule has 0 aliphatic carbocycles. The minimum Gasteiger partial charge on any atom is -0.443 e. The maximum absolute atomic E-state index is 14.8. The molecule has 0 radical (unpaired) electrons. The van der Waals surface area contributed by atoms with Gasteiger partial charge < -0.3 is 15.8 Å². The van der Waals surface area contributed by atoms with Gasteiger partial charge in [-0.1, -0.05) is 23.5 Å². The van der Waals surface area contributed by atoms with E-state index in [-0.39, 0.29) is 57.3 Å². The van der Waals surface area contributed by atoms with Crippen LogP contribution in [0.5, 0.6) is 0 Å². The van der Waals surface area contributed by atoms with Crippen molar-refractivity contribution in [2.75, 3.05) is 36.4 Å². The highest BCUT2D eigenvalue weighted by atomic mass is 32.2. The maximum atomic E-state index is 14.8. The zero-order valence-corrected chi connectivity index (χ0v) is 38.3. The van der Waals surface area contributed by atoms with E-state index in [0.717, 1.165) is 77.1 Å². The summed E-state index contributed by atoms with van der Waals surface area (Å²) in [7, 11) is 0. The van der Waals surface area contributed by atoms with Gasteiger partial charge in [0, 0.05) is 78.1 Å². The van der Waals surface area contributed by atoms with E-state index in [0.29, 0.717) is 30.8 Å². The SMILES string of the molecule is CC(=O)N1N=C(c2cc(F)ccc2F)SC12c1cc(F)ccc1N(C(=O)OC(C)(C)C)CC2CC[N+](=O)[O-].CC(=O)N1N=C(c2cc(F)ccc2F)SC12c1cc(F)ccc1NCC2CCN. The molecule has 4 aromatic carbocycles. The molecule has 0 saturated heterocycles. The molecular formula is C45H44F6N8O6S2. The molecule has 4 unspecified atom stereocenters. The molecule has 8 rings (SSSR count). The van der Waals surface area contributed by atoms with Crippen LogP contribution in [0.15, 0.2) is 83.0 Å². The first kappa shape index (κ1) is 48.8. The van der Waals surface area contributed by atoms with Crippen LogP contribution in [-0.2, 0) is 24.1 Å². The lowest BCUT2D eigenvalue weighted by Crippen LogP contribution is -2.56. The van der Waals surface area contributed by atoms with E-state index < -0.39 is 79.6 Å². The number of nitrogens with one attached hydrogen (secondary N) is 1. The van der Waals surface area contributed by atoms with Crippen LogP contribution in [-0.4, -0.2) is 74.7 Å². The number of anilines is 2. The highest BCUT2D eigenvalue weighted by Crippen LogP contribution is 2.59. The third-order valence-electron chi connectivity index (χ3n) is 11.3. The molecule has 4 aliphatic rings. The number of hydrazone groups is 2. The van der Waals surface area contributed by atoms with Crippen molar-refractivity contribution in [3.05, 3.63) is 140 Å². The molecule has 2 spiro atoms. The summed E-state index contributed by atoms with van der Waals surface area (Å²) in [4.78, 5) is 48.1. The normalized spacial score (nSPS) is 21.8. The van der Waals surface area contributed by atoms with Crippen molar-refractivity contribution in [1.29, 1.82) is 0 Å². The zero-order valence-electron chi connectivity index (χ0n) is 36.6. The summed E-state index contributed by atoms with van der Waals surface area (Å²) in [5.74, 6) is -6.07.